The Morgan fingerprint density at radius 2 is 2.09 bits per heavy atom. The van der Waals surface area contributed by atoms with Gasteiger partial charge in [-0.3, -0.25) is 9.89 Å². The van der Waals surface area contributed by atoms with Crippen LogP contribution in [0.25, 0.3) is 10.6 Å². The maximum absolute atomic E-state index is 12.4. The van der Waals surface area contributed by atoms with Crippen LogP contribution in [0.2, 0.25) is 0 Å². The topological polar surface area (TPSA) is 61.0 Å². The van der Waals surface area contributed by atoms with E-state index < -0.39 is 0 Å². The van der Waals surface area contributed by atoms with Crippen LogP contribution in [0.3, 0.4) is 0 Å². The Morgan fingerprint density at radius 3 is 2.74 bits per heavy atom. The highest BCUT2D eigenvalue weighted by molar-refractivity contribution is 7.13. The largest absolute Gasteiger partial charge is 0.378 e. The minimum Gasteiger partial charge on any atom is -0.378 e. The van der Waals surface area contributed by atoms with Crippen molar-refractivity contribution in [1.82, 2.24) is 10.2 Å². The molecule has 2 N–H and O–H groups in total. The van der Waals surface area contributed by atoms with Gasteiger partial charge in [-0.15, -0.1) is 11.3 Å². The molecule has 2 heterocycles. The molecular formula is C17H18N4OS. The van der Waals surface area contributed by atoms with Crippen molar-refractivity contribution in [2.75, 3.05) is 24.3 Å². The predicted molar refractivity (Wildman–Crippen MR) is 95.4 cm³/mol. The summed E-state index contributed by atoms with van der Waals surface area (Å²) in [5.41, 5.74) is 4.13. The Labute approximate surface area is 139 Å². The fourth-order valence-corrected chi connectivity index (χ4v) is 2.94. The first-order valence-electron chi connectivity index (χ1n) is 7.23. The molecule has 0 aliphatic heterocycles. The van der Waals surface area contributed by atoms with E-state index in [2.05, 4.69) is 15.5 Å². The zero-order chi connectivity index (χ0) is 16.4. The highest BCUT2D eigenvalue weighted by Gasteiger charge is 2.13. The number of carbonyl (C=O) groups is 1. The molecule has 1 amide bonds. The molecule has 0 fully saturated rings. The quantitative estimate of drug-likeness (QED) is 0.767. The number of aryl methyl sites for hydroxylation is 1. The summed E-state index contributed by atoms with van der Waals surface area (Å²) >= 11 is 1.60. The van der Waals surface area contributed by atoms with Crippen LogP contribution in [-0.2, 0) is 0 Å². The number of anilines is 2. The van der Waals surface area contributed by atoms with Gasteiger partial charge in [0.25, 0.3) is 5.91 Å². The number of nitrogens with one attached hydrogen (secondary N) is 2. The van der Waals surface area contributed by atoms with Crippen molar-refractivity contribution >= 4 is 28.6 Å². The Morgan fingerprint density at radius 1 is 1.26 bits per heavy atom. The van der Waals surface area contributed by atoms with Crippen molar-refractivity contribution in [2.24, 2.45) is 0 Å². The van der Waals surface area contributed by atoms with Gasteiger partial charge in [-0.05, 0) is 48.2 Å². The van der Waals surface area contributed by atoms with E-state index in [1.165, 1.54) is 0 Å². The van der Waals surface area contributed by atoms with Crippen molar-refractivity contribution in [2.45, 2.75) is 6.92 Å². The SMILES string of the molecule is Cc1cc(N(C)C)ccc1NC(=O)c1cc(-c2cccs2)[nH]n1. The van der Waals surface area contributed by atoms with Crippen LogP contribution in [-0.4, -0.2) is 30.2 Å². The highest BCUT2D eigenvalue weighted by atomic mass is 32.1. The Hall–Kier alpha value is -2.60. The zero-order valence-corrected chi connectivity index (χ0v) is 14.1. The van der Waals surface area contributed by atoms with E-state index in [1.807, 2.05) is 61.6 Å². The number of hydrogen-bond acceptors (Lipinski definition) is 4. The molecule has 0 aliphatic carbocycles. The number of hydrogen-bond donors (Lipinski definition) is 2. The zero-order valence-electron chi connectivity index (χ0n) is 13.3. The second-order valence-electron chi connectivity index (χ2n) is 5.49. The lowest BCUT2D eigenvalue weighted by atomic mass is 10.1. The minimum atomic E-state index is -0.218. The Balaban J connectivity index is 1.77. The van der Waals surface area contributed by atoms with Crippen LogP contribution < -0.4 is 10.2 Å². The smallest absolute Gasteiger partial charge is 0.276 e. The van der Waals surface area contributed by atoms with Gasteiger partial charge >= 0.3 is 0 Å². The second-order valence-corrected chi connectivity index (χ2v) is 6.44. The van der Waals surface area contributed by atoms with Crippen LogP contribution in [0.1, 0.15) is 16.1 Å². The normalized spacial score (nSPS) is 10.6. The molecule has 0 bridgehead atoms. The number of aromatic nitrogens is 2. The van der Waals surface area contributed by atoms with Crippen molar-refractivity contribution in [3.63, 3.8) is 0 Å². The van der Waals surface area contributed by atoms with Crippen LogP contribution >= 0.6 is 11.3 Å². The molecular weight excluding hydrogens is 308 g/mol. The molecule has 2 aromatic heterocycles. The third-order valence-electron chi connectivity index (χ3n) is 3.57. The average Bonchev–Trinajstić information content (AvgIpc) is 3.19. The number of H-pyrrole nitrogens is 1. The summed E-state index contributed by atoms with van der Waals surface area (Å²) in [6, 6.07) is 11.7. The fourth-order valence-electron chi connectivity index (χ4n) is 2.25. The molecule has 118 valence electrons. The van der Waals surface area contributed by atoms with Crippen molar-refractivity contribution in [3.8, 4) is 10.6 Å². The van der Waals surface area contributed by atoms with E-state index in [-0.39, 0.29) is 5.91 Å². The second kappa shape index (κ2) is 6.26. The summed E-state index contributed by atoms with van der Waals surface area (Å²) in [6.07, 6.45) is 0. The maximum Gasteiger partial charge on any atom is 0.276 e. The lowest BCUT2D eigenvalue weighted by Gasteiger charge is -2.15. The van der Waals surface area contributed by atoms with Crippen LogP contribution in [0.15, 0.2) is 41.8 Å². The van der Waals surface area contributed by atoms with Gasteiger partial charge in [0.2, 0.25) is 0 Å². The highest BCUT2D eigenvalue weighted by Crippen LogP contribution is 2.24. The first-order valence-corrected chi connectivity index (χ1v) is 8.11. The minimum absolute atomic E-state index is 0.218. The molecule has 0 saturated heterocycles. The average molecular weight is 326 g/mol. The van der Waals surface area contributed by atoms with E-state index in [0.717, 1.165) is 27.5 Å². The Kier molecular flexibility index (Phi) is 4.16. The number of carbonyl (C=O) groups excluding carboxylic acids is 1. The van der Waals surface area contributed by atoms with Gasteiger partial charge in [0.15, 0.2) is 5.69 Å². The van der Waals surface area contributed by atoms with E-state index in [0.29, 0.717) is 5.69 Å². The van der Waals surface area contributed by atoms with E-state index >= 15 is 0 Å². The third-order valence-corrected chi connectivity index (χ3v) is 4.47. The summed E-state index contributed by atoms with van der Waals surface area (Å²) in [6.45, 7) is 1.98. The summed E-state index contributed by atoms with van der Waals surface area (Å²) in [5.74, 6) is -0.218. The van der Waals surface area contributed by atoms with Crippen molar-refractivity contribution in [3.05, 3.63) is 53.0 Å². The number of amides is 1. The molecule has 0 aliphatic rings. The molecule has 0 unspecified atom stereocenters. The van der Waals surface area contributed by atoms with Crippen LogP contribution in [0.4, 0.5) is 11.4 Å². The molecule has 6 heteroatoms. The summed E-state index contributed by atoms with van der Waals surface area (Å²) in [4.78, 5) is 15.5. The van der Waals surface area contributed by atoms with Gasteiger partial charge < -0.3 is 10.2 Å². The first-order chi connectivity index (χ1) is 11.0. The molecule has 5 nitrogen and oxygen atoms in total. The molecule has 23 heavy (non-hydrogen) atoms. The summed E-state index contributed by atoms with van der Waals surface area (Å²) in [7, 11) is 3.98. The molecule has 3 rings (SSSR count). The lowest BCUT2D eigenvalue weighted by Crippen LogP contribution is -2.14. The number of rotatable bonds is 4. The van der Waals surface area contributed by atoms with Crippen molar-refractivity contribution < 1.29 is 4.79 Å². The molecule has 0 radical (unpaired) electrons. The lowest BCUT2D eigenvalue weighted by molar-refractivity contribution is 0.102. The Bertz CT molecular complexity index is 821. The molecule has 0 atom stereocenters. The molecule has 0 saturated carbocycles. The van der Waals surface area contributed by atoms with E-state index in [9.17, 15) is 4.79 Å². The summed E-state index contributed by atoms with van der Waals surface area (Å²) in [5, 5.41) is 11.9. The standard InChI is InChI=1S/C17H18N4OS/c1-11-9-12(21(2)3)6-7-13(11)18-17(22)15-10-14(19-20-15)16-5-4-8-23-16/h4-10H,1-3H3,(H,18,22)(H,19,20). The van der Waals surface area contributed by atoms with Gasteiger partial charge in [0, 0.05) is 25.5 Å². The molecule has 1 aromatic carbocycles. The van der Waals surface area contributed by atoms with Crippen LogP contribution in [0.5, 0.6) is 0 Å². The van der Waals surface area contributed by atoms with E-state index in [1.54, 1.807) is 17.4 Å². The number of nitrogens with zero attached hydrogens (tertiary/aromatic N) is 2. The number of aromatic amines is 1. The van der Waals surface area contributed by atoms with Gasteiger partial charge in [0.1, 0.15) is 0 Å². The predicted octanol–water partition coefficient (Wildman–Crippen LogP) is 3.76. The number of thiophene rings is 1. The van der Waals surface area contributed by atoms with Crippen molar-refractivity contribution in [1.29, 1.82) is 0 Å². The van der Waals surface area contributed by atoms with Gasteiger partial charge in [-0.25, -0.2) is 0 Å². The van der Waals surface area contributed by atoms with Crippen LogP contribution in [0, 0.1) is 6.92 Å². The monoisotopic (exact) mass is 326 g/mol. The van der Waals surface area contributed by atoms with Gasteiger partial charge in [-0.1, -0.05) is 6.07 Å². The maximum atomic E-state index is 12.4. The van der Waals surface area contributed by atoms with Gasteiger partial charge in [0.05, 0.1) is 10.6 Å². The first kappa shape index (κ1) is 15.3. The molecule has 3 aromatic rings. The number of benzene rings is 1. The van der Waals surface area contributed by atoms with E-state index in [4.69, 9.17) is 0 Å². The molecule has 0 spiro atoms. The van der Waals surface area contributed by atoms with Gasteiger partial charge in [-0.2, -0.15) is 5.10 Å². The summed E-state index contributed by atoms with van der Waals surface area (Å²) < 4.78 is 0. The third kappa shape index (κ3) is 3.27. The fraction of sp³-hybridized carbons (Fsp3) is 0.176.